The highest BCUT2D eigenvalue weighted by Crippen LogP contribution is 2.15. The van der Waals surface area contributed by atoms with E-state index in [9.17, 15) is 4.39 Å². The zero-order valence-corrected chi connectivity index (χ0v) is 11.2. The first-order valence-corrected chi connectivity index (χ1v) is 6.40. The van der Waals surface area contributed by atoms with Gasteiger partial charge in [0.1, 0.15) is 5.82 Å². The SMILES string of the molecule is CC(C)N(CCCO)Cc1cc(CN)ccc1F. The largest absolute Gasteiger partial charge is 0.396 e. The van der Waals surface area contributed by atoms with E-state index in [1.54, 1.807) is 6.07 Å². The van der Waals surface area contributed by atoms with Gasteiger partial charge in [-0.15, -0.1) is 0 Å². The van der Waals surface area contributed by atoms with E-state index in [2.05, 4.69) is 18.7 Å². The predicted octanol–water partition coefficient (Wildman–Crippen LogP) is 1.88. The van der Waals surface area contributed by atoms with Crippen molar-refractivity contribution >= 4 is 0 Å². The summed E-state index contributed by atoms with van der Waals surface area (Å²) in [4.78, 5) is 2.15. The van der Waals surface area contributed by atoms with Crippen LogP contribution in [-0.2, 0) is 13.1 Å². The summed E-state index contributed by atoms with van der Waals surface area (Å²) in [6.07, 6.45) is 0.705. The molecule has 1 aromatic rings. The molecule has 0 amide bonds. The Morgan fingerprint density at radius 2 is 2.11 bits per heavy atom. The number of aliphatic hydroxyl groups excluding tert-OH is 1. The second kappa shape index (κ2) is 7.46. The molecular weight excluding hydrogens is 231 g/mol. The maximum Gasteiger partial charge on any atom is 0.127 e. The third-order valence-electron chi connectivity index (χ3n) is 3.05. The van der Waals surface area contributed by atoms with Crippen LogP contribution >= 0.6 is 0 Å². The van der Waals surface area contributed by atoms with Crippen molar-refractivity contribution in [3.8, 4) is 0 Å². The molecule has 0 heterocycles. The number of rotatable bonds is 7. The molecule has 0 unspecified atom stereocenters. The standard InChI is InChI=1S/C14H23FN2O/c1-11(2)17(6-3-7-18)10-13-8-12(9-16)4-5-14(13)15/h4-5,8,11,18H,3,6-7,9-10,16H2,1-2H3. The molecule has 0 aliphatic rings. The molecule has 3 nitrogen and oxygen atoms in total. The van der Waals surface area contributed by atoms with Crippen molar-refractivity contribution in [2.75, 3.05) is 13.2 Å². The molecule has 18 heavy (non-hydrogen) atoms. The molecule has 0 saturated carbocycles. The van der Waals surface area contributed by atoms with Crippen molar-refractivity contribution in [1.82, 2.24) is 4.90 Å². The Bertz CT molecular complexity index is 369. The zero-order valence-electron chi connectivity index (χ0n) is 11.2. The van der Waals surface area contributed by atoms with E-state index < -0.39 is 0 Å². The summed E-state index contributed by atoms with van der Waals surface area (Å²) < 4.78 is 13.7. The van der Waals surface area contributed by atoms with Crippen molar-refractivity contribution in [1.29, 1.82) is 0 Å². The fourth-order valence-corrected chi connectivity index (χ4v) is 1.89. The quantitative estimate of drug-likeness (QED) is 0.781. The van der Waals surface area contributed by atoms with Gasteiger partial charge in [0.15, 0.2) is 0 Å². The topological polar surface area (TPSA) is 49.5 Å². The molecule has 0 fully saturated rings. The molecule has 0 radical (unpaired) electrons. The van der Waals surface area contributed by atoms with Gasteiger partial charge in [-0.2, -0.15) is 0 Å². The lowest BCUT2D eigenvalue weighted by Crippen LogP contribution is -2.32. The van der Waals surface area contributed by atoms with Gasteiger partial charge in [-0.25, -0.2) is 4.39 Å². The Morgan fingerprint density at radius 3 is 2.67 bits per heavy atom. The molecule has 4 heteroatoms. The number of benzene rings is 1. The van der Waals surface area contributed by atoms with Gasteiger partial charge in [0, 0.05) is 37.8 Å². The van der Waals surface area contributed by atoms with Crippen molar-refractivity contribution in [3.63, 3.8) is 0 Å². The highest BCUT2D eigenvalue weighted by Gasteiger charge is 2.12. The van der Waals surface area contributed by atoms with Crippen LogP contribution in [0.15, 0.2) is 18.2 Å². The van der Waals surface area contributed by atoms with Crippen LogP contribution in [0.2, 0.25) is 0 Å². The van der Waals surface area contributed by atoms with Crippen molar-refractivity contribution < 1.29 is 9.50 Å². The highest BCUT2D eigenvalue weighted by atomic mass is 19.1. The number of halogens is 1. The zero-order chi connectivity index (χ0) is 13.5. The molecule has 0 saturated heterocycles. The van der Waals surface area contributed by atoms with Crippen LogP contribution in [0, 0.1) is 5.82 Å². The molecule has 3 N–H and O–H groups in total. The normalized spacial score (nSPS) is 11.5. The Kier molecular flexibility index (Phi) is 6.25. The molecule has 0 aliphatic carbocycles. The molecular formula is C14H23FN2O. The Labute approximate surface area is 108 Å². The number of hydrogen-bond donors (Lipinski definition) is 2. The van der Waals surface area contributed by atoms with E-state index in [0.29, 0.717) is 31.1 Å². The van der Waals surface area contributed by atoms with Crippen LogP contribution in [0.4, 0.5) is 4.39 Å². The summed E-state index contributed by atoms with van der Waals surface area (Å²) in [5.41, 5.74) is 7.18. The first-order valence-electron chi connectivity index (χ1n) is 6.40. The lowest BCUT2D eigenvalue weighted by molar-refractivity contribution is 0.183. The Balaban J connectivity index is 2.78. The van der Waals surface area contributed by atoms with Crippen LogP contribution < -0.4 is 5.73 Å². The average molecular weight is 254 g/mol. The van der Waals surface area contributed by atoms with E-state index in [0.717, 1.165) is 12.1 Å². The number of aliphatic hydroxyl groups is 1. The van der Waals surface area contributed by atoms with Gasteiger partial charge in [0.25, 0.3) is 0 Å². The summed E-state index contributed by atoms with van der Waals surface area (Å²) in [5.74, 6) is -0.193. The van der Waals surface area contributed by atoms with Gasteiger partial charge >= 0.3 is 0 Å². The molecule has 0 spiro atoms. The van der Waals surface area contributed by atoms with Gasteiger partial charge in [-0.05, 0) is 31.9 Å². The average Bonchev–Trinajstić information content (AvgIpc) is 2.36. The monoisotopic (exact) mass is 254 g/mol. The molecule has 1 aromatic carbocycles. The fraction of sp³-hybridized carbons (Fsp3) is 0.571. The Morgan fingerprint density at radius 1 is 1.39 bits per heavy atom. The lowest BCUT2D eigenvalue weighted by atomic mass is 10.1. The van der Waals surface area contributed by atoms with Crippen LogP contribution in [0.25, 0.3) is 0 Å². The van der Waals surface area contributed by atoms with Gasteiger partial charge in [-0.1, -0.05) is 12.1 Å². The second-order valence-electron chi connectivity index (χ2n) is 4.77. The van der Waals surface area contributed by atoms with E-state index in [4.69, 9.17) is 10.8 Å². The summed E-state index contributed by atoms with van der Waals surface area (Å²) >= 11 is 0. The van der Waals surface area contributed by atoms with E-state index in [1.165, 1.54) is 6.07 Å². The summed E-state index contributed by atoms with van der Waals surface area (Å²) in [6.45, 7) is 6.04. The minimum Gasteiger partial charge on any atom is -0.396 e. The first kappa shape index (κ1) is 15.1. The van der Waals surface area contributed by atoms with Crippen molar-refractivity contribution in [3.05, 3.63) is 35.1 Å². The minimum absolute atomic E-state index is 0.161. The first-order chi connectivity index (χ1) is 8.58. The summed E-state index contributed by atoms with van der Waals surface area (Å²) in [5, 5.41) is 8.88. The van der Waals surface area contributed by atoms with Gasteiger partial charge in [-0.3, -0.25) is 4.90 Å². The number of nitrogens with zero attached hydrogens (tertiary/aromatic N) is 1. The van der Waals surface area contributed by atoms with Crippen LogP contribution in [0.5, 0.6) is 0 Å². The van der Waals surface area contributed by atoms with Gasteiger partial charge in [0.2, 0.25) is 0 Å². The van der Waals surface area contributed by atoms with Gasteiger partial charge < -0.3 is 10.8 Å². The van der Waals surface area contributed by atoms with Crippen LogP contribution in [0.1, 0.15) is 31.4 Å². The molecule has 0 aromatic heterocycles. The maximum absolute atomic E-state index is 13.7. The molecule has 0 atom stereocenters. The van der Waals surface area contributed by atoms with Crippen molar-refractivity contribution in [2.24, 2.45) is 5.73 Å². The Hall–Kier alpha value is -0.970. The molecule has 0 bridgehead atoms. The molecule has 102 valence electrons. The summed E-state index contributed by atoms with van der Waals surface area (Å²) in [6, 6.07) is 5.33. The fourth-order valence-electron chi connectivity index (χ4n) is 1.89. The number of nitrogens with two attached hydrogens (primary N) is 1. The second-order valence-corrected chi connectivity index (χ2v) is 4.77. The van der Waals surface area contributed by atoms with E-state index in [1.807, 2.05) is 6.07 Å². The van der Waals surface area contributed by atoms with E-state index >= 15 is 0 Å². The third-order valence-corrected chi connectivity index (χ3v) is 3.05. The maximum atomic E-state index is 13.7. The smallest absolute Gasteiger partial charge is 0.127 e. The highest BCUT2D eigenvalue weighted by molar-refractivity contribution is 5.25. The van der Waals surface area contributed by atoms with Crippen LogP contribution in [-0.4, -0.2) is 29.2 Å². The molecule has 0 aliphatic heterocycles. The third kappa shape index (κ3) is 4.37. The van der Waals surface area contributed by atoms with E-state index in [-0.39, 0.29) is 12.4 Å². The summed E-state index contributed by atoms with van der Waals surface area (Å²) in [7, 11) is 0. The van der Waals surface area contributed by atoms with Crippen molar-refractivity contribution in [2.45, 2.75) is 39.4 Å². The predicted molar refractivity (Wildman–Crippen MR) is 71.5 cm³/mol. The van der Waals surface area contributed by atoms with Gasteiger partial charge in [0.05, 0.1) is 0 Å². The minimum atomic E-state index is -0.193. The van der Waals surface area contributed by atoms with Crippen LogP contribution in [0.3, 0.4) is 0 Å². The molecule has 1 rings (SSSR count). The number of hydrogen-bond acceptors (Lipinski definition) is 3. The lowest BCUT2D eigenvalue weighted by Gasteiger charge is -2.26.